The summed E-state index contributed by atoms with van der Waals surface area (Å²) >= 11 is 1.70. The smallest absolute Gasteiger partial charge is 0.252 e. The zero-order valence-electron chi connectivity index (χ0n) is 11.8. The molecule has 1 unspecified atom stereocenters. The number of hydrogen-bond donors (Lipinski definition) is 1. The van der Waals surface area contributed by atoms with Crippen LogP contribution in [-0.2, 0) is 11.2 Å². The largest absolute Gasteiger partial charge is 0.461 e. The lowest BCUT2D eigenvalue weighted by Crippen LogP contribution is -2.48. The lowest BCUT2D eigenvalue weighted by atomic mass is 9.97. The fourth-order valence-electron chi connectivity index (χ4n) is 2.60. The Morgan fingerprint density at radius 3 is 3.00 bits per heavy atom. The summed E-state index contributed by atoms with van der Waals surface area (Å²) < 4.78 is 5.73. The van der Waals surface area contributed by atoms with Gasteiger partial charge in [-0.15, -0.1) is 0 Å². The third-order valence-corrected chi connectivity index (χ3v) is 5.08. The fraction of sp³-hybridized carbons (Fsp3) is 0.375. The molecule has 2 aliphatic heterocycles. The van der Waals surface area contributed by atoms with Crippen molar-refractivity contribution in [3.8, 4) is 11.8 Å². The van der Waals surface area contributed by atoms with Crippen molar-refractivity contribution in [3.05, 3.63) is 41.2 Å². The summed E-state index contributed by atoms with van der Waals surface area (Å²) in [6, 6.07) is 9.97. The number of nitrogens with one attached hydrogen (secondary N) is 1. The monoisotopic (exact) mass is 300 g/mol. The highest BCUT2D eigenvalue weighted by Gasteiger charge is 2.37. The number of carbonyl (C=O) groups is 1. The molecule has 21 heavy (non-hydrogen) atoms. The quantitative estimate of drug-likeness (QED) is 0.911. The number of rotatable bonds is 2. The van der Waals surface area contributed by atoms with Crippen LogP contribution in [-0.4, -0.2) is 23.0 Å². The number of nitrogens with zero attached hydrogens (tertiary/aromatic N) is 1. The summed E-state index contributed by atoms with van der Waals surface area (Å²) in [4.78, 5) is 12.5. The Morgan fingerprint density at radius 2 is 2.29 bits per heavy atom. The molecule has 1 N–H and O–H groups in total. The first-order valence-corrected chi connectivity index (χ1v) is 8.06. The van der Waals surface area contributed by atoms with E-state index in [4.69, 9.17) is 4.74 Å². The number of amides is 1. The minimum atomic E-state index is -0.730. The molecular formula is C16H16N2O2S. The standard InChI is InChI=1S/C16H16N2O2S/c1-11-13(8-12-4-2-3-5-14(12)20-11)15(19)18-16(9-17)6-7-21-10-16/h2-5H,6-8,10H2,1H3,(H,18,19). The fourth-order valence-corrected chi connectivity index (χ4v) is 3.87. The van der Waals surface area contributed by atoms with E-state index in [2.05, 4.69) is 11.4 Å². The molecule has 0 spiro atoms. The van der Waals surface area contributed by atoms with Gasteiger partial charge in [0.05, 0.1) is 11.6 Å². The Kier molecular flexibility index (Phi) is 3.64. The summed E-state index contributed by atoms with van der Waals surface area (Å²) in [6.45, 7) is 1.80. The highest BCUT2D eigenvalue weighted by atomic mass is 32.2. The second-order valence-corrected chi connectivity index (χ2v) is 6.48. The van der Waals surface area contributed by atoms with E-state index in [1.165, 1.54) is 0 Å². The number of nitriles is 1. The highest BCUT2D eigenvalue weighted by Crippen LogP contribution is 2.31. The van der Waals surface area contributed by atoms with Gasteiger partial charge in [-0.1, -0.05) is 18.2 Å². The van der Waals surface area contributed by atoms with Gasteiger partial charge < -0.3 is 10.1 Å². The molecule has 0 radical (unpaired) electrons. The molecule has 1 amide bonds. The molecular weight excluding hydrogens is 284 g/mol. The highest BCUT2D eigenvalue weighted by molar-refractivity contribution is 7.99. The first-order valence-electron chi connectivity index (χ1n) is 6.90. The van der Waals surface area contributed by atoms with Gasteiger partial charge in [-0.25, -0.2) is 0 Å². The number of para-hydroxylation sites is 1. The lowest BCUT2D eigenvalue weighted by Gasteiger charge is -2.25. The molecule has 2 aliphatic rings. The third-order valence-electron chi connectivity index (χ3n) is 3.89. The molecule has 1 aromatic carbocycles. The molecule has 4 nitrogen and oxygen atoms in total. The molecule has 0 aliphatic carbocycles. The average molecular weight is 300 g/mol. The zero-order valence-corrected chi connectivity index (χ0v) is 12.6. The molecule has 0 bridgehead atoms. The van der Waals surface area contributed by atoms with Crippen LogP contribution >= 0.6 is 11.8 Å². The van der Waals surface area contributed by atoms with Gasteiger partial charge in [0, 0.05) is 12.2 Å². The van der Waals surface area contributed by atoms with E-state index in [0.717, 1.165) is 17.1 Å². The molecule has 1 aromatic rings. The van der Waals surface area contributed by atoms with Crippen LogP contribution in [0.4, 0.5) is 0 Å². The van der Waals surface area contributed by atoms with Crippen molar-refractivity contribution < 1.29 is 9.53 Å². The van der Waals surface area contributed by atoms with Crippen molar-refractivity contribution in [2.45, 2.75) is 25.3 Å². The Hall–Kier alpha value is -1.93. The van der Waals surface area contributed by atoms with Crippen LogP contribution in [0.5, 0.6) is 5.75 Å². The molecule has 3 rings (SSSR count). The Labute approximate surface area is 128 Å². The number of thioether (sulfide) groups is 1. The van der Waals surface area contributed by atoms with Gasteiger partial charge in [0.25, 0.3) is 5.91 Å². The van der Waals surface area contributed by atoms with Crippen LogP contribution in [0.25, 0.3) is 0 Å². The lowest BCUT2D eigenvalue weighted by molar-refractivity contribution is -0.118. The van der Waals surface area contributed by atoms with E-state index < -0.39 is 5.54 Å². The summed E-state index contributed by atoms with van der Waals surface area (Å²) in [5.74, 6) is 2.79. The number of fused-ring (bicyclic) bond motifs is 1. The molecule has 0 saturated carbocycles. The zero-order chi connectivity index (χ0) is 14.9. The second-order valence-electron chi connectivity index (χ2n) is 5.37. The normalized spacial score (nSPS) is 24.0. The number of hydrogen-bond acceptors (Lipinski definition) is 4. The van der Waals surface area contributed by atoms with Crippen molar-refractivity contribution in [2.75, 3.05) is 11.5 Å². The van der Waals surface area contributed by atoms with Gasteiger partial charge in [-0.3, -0.25) is 4.79 Å². The van der Waals surface area contributed by atoms with Crippen molar-refractivity contribution in [3.63, 3.8) is 0 Å². The Bertz CT molecular complexity index is 654. The SMILES string of the molecule is CC1=C(C(=O)NC2(C#N)CCSC2)Cc2ccccc2O1. The van der Waals surface area contributed by atoms with Crippen LogP contribution in [0.2, 0.25) is 0 Å². The molecule has 0 aromatic heterocycles. The first-order chi connectivity index (χ1) is 10.1. The maximum absolute atomic E-state index is 12.5. The second kappa shape index (κ2) is 5.45. The molecule has 2 heterocycles. The van der Waals surface area contributed by atoms with Gasteiger partial charge in [0.1, 0.15) is 17.0 Å². The predicted molar refractivity (Wildman–Crippen MR) is 81.9 cm³/mol. The Balaban J connectivity index is 1.81. The van der Waals surface area contributed by atoms with Gasteiger partial charge in [0.2, 0.25) is 0 Å². The molecule has 1 fully saturated rings. The summed E-state index contributed by atoms with van der Waals surface area (Å²) in [7, 11) is 0. The predicted octanol–water partition coefficient (Wildman–Crippen LogP) is 2.41. The van der Waals surface area contributed by atoms with Gasteiger partial charge in [-0.2, -0.15) is 17.0 Å². The molecule has 1 saturated heterocycles. The van der Waals surface area contributed by atoms with Crippen molar-refractivity contribution in [2.24, 2.45) is 0 Å². The van der Waals surface area contributed by atoms with Crippen molar-refractivity contribution in [1.82, 2.24) is 5.32 Å². The molecule has 108 valence electrons. The van der Waals surface area contributed by atoms with E-state index >= 15 is 0 Å². The summed E-state index contributed by atoms with van der Waals surface area (Å²) in [5.41, 5.74) is 0.881. The summed E-state index contributed by atoms with van der Waals surface area (Å²) in [5, 5.41) is 12.3. The number of allylic oxidation sites excluding steroid dienone is 1. The minimum Gasteiger partial charge on any atom is -0.461 e. The Morgan fingerprint density at radius 1 is 1.48 bits per heavy atom. The van der Waals surface area contributed by atoms with E-state index in [1.807, 2.05) is 24.3 Å². The van der Waals surface area contributed by atoms with Crippen LogP contribution in [0.3, 0.4) is 0 Å². The number of benzene rings is 1. The van der Waals surface area contributed by atoms with Crippen molar-refractivity contribution in [1.29, 1.82) is 5.26 Å². The first kappa shape index (κ1) is 14.0. The maximum atomic E-state index is 12.5. The van der Waals surface area contributed by atoms with Crippen LogP contribution in [0.15, 0.2) is 35.6 Å². The van der Waals surface area contributed by atoms with Crippen LogP contribution in [0, 0.1) is 11.3 Å². The topological polar surface area (TPSA) is 62.1 Å². The van der Waals surface area contributed by atoms with Gasteiger partial charge in [-0.05, 0) is 30.7 Å². The van der Waals surface area contributed by atoms with Gasteiger partial charge >= 0.3 is 0 Å². The average Bonchev–Trinajstić information content (AvgIpc) is 2.95. The van der Waals surface area contributed by atoms with Crippen LogP contribution in [0.1, 0.15) is 18.9 Å². The van der Waals surface area contributed by atoms with Crippen molar-refractivity contribution >= 4 is 17.7 Å². The van der Waals surface area contributed by atoms with E-state index in [1.54, 1.807) is 18.7 Å². The van der Waals surface area contributed by atoms with Gasteiger partial charge in [0.15, 0.2) is 0 Å². The number of ether oxygens (including phenoxy) is 1. The van der Waals surface area contributed by atoms with Crippen LogP contribution < -0.4 is 10.1 Å². The van der Waals surface area contributed by atoms with E-state index in [-0.39, 0.29) is 5.91 Å². The minimum absolute atomic E-state index is 0.189. The number of carbonyl (C=O) groups excluding carboxylic acids is 1. The molecule has 5 heteroatoms. The van der Waals surface area contributed by atoms with E-state index in [9.17, 15) is 10.1 Å². The van der Waals surface area contributed by atoms with E-state index in [0.29, 0.717) is 29.9 Å². The maximum Gasteiger partial charge on any atom is 0.252 e. The third kappa shape index (κ3) is 2.64. The molecule has 1 atom stereocenters. The summed E-state index contributed by atoms with van der Waals surface area (Å²) in [6.07, 6.45) is 1.24.